The van der Waals surface area contributed by atoms with E-state index in [4.69, 9.17) is 23.3 Å². The summed E-state index contributed by atoms with van der Waals surface area (Å²) >= 11 is 0. The van der Waals surface area contributed by atoms with Gasteiger partial charge in [0, 0.05) is 7.11 Å². The SMILES string of the molecule is CO[P@@]1(=O)OC[C@@H](OCc2ccccc2)[C@H](OCc2ccccc2)[C@@H]1OC(=O)c1ccccc1. The smallest absolute Gasteiger partial charge is 0.373 e. The third kappa shape index (κ3) is 6.00. The minimum atomic E-state index is -3.84. The third-order valence-electron chi connectivity index (χ3n) is 5.46. The molecular formula is C26H27O7P. The molecule has 8 heteroatoms. The van der Waals surface area contributed by atoms with Crippen molar-refractivity contribution < 1.29 is 32.6 Å². The van der Waals surface area contributed by atoms with Crippen LogP contribution in [0.5, 0.6) is 0 Å². The third-order valence-corrected chi connectivity index (χ3v) is 7.50. The Morgan fingerprint density at radius 2 is 1.38 bits per heavy atom. The number of hydrogen-bond donors (Lipinski definition) is 0. The zero-order valence-corrected chi connectivity index (χ0v) is 19.7. The predicted molar refractivity (Wildman–Crippen MR) is 126 cm³/mol. The van der Waals surface area contributed by atoms with E-state index in [9.17, 15) is 9.36 Å². The molecule has 178 valence electrons. The number of carbonyl (C=O) groups is 1. The fourth-order valence-corrected chi connectivity index (χ4v) is 5.30. The molecule has 1 aliphatic heterocycles. The lowest BCUT2D eigenvalue weighted by Gasteiger charge is -2.40. The van der Waals surface area contributed by atoms with E-state index in [1.165, 1.54) is 7.11 Å². The van der Waals surface area contributed by atoms with Crippen molar-refractivity contribution in [1.29, 1.82) is 0 Å². The van der Waals surface area contributed by atoms with E-state index >= 15 is 0 Å². The molecule has 0 aromatic heterocycles. The molecule has 34 heavy (non-hydrogen) atoms. The molecule has 0 unspecified atom stereocenters. The predicted octanol–water partition coefficient (Wildman–Crippen LogP) is 5.21. The van der Waals surface area contributed by atoms with Gasteiger partial charge in [-0.25, -0.2) is 4.79 Å². The first-order valence-electron chi connectivity index (χ1n) is 11.0. The molecule has 1 saturated heterocycles. The lowest BCUT2D eigenvalue weighted by Crippen LogP contribution is -2.49. The maximum atomic E-state index is 13.5. The number of esters is 1. The molecule has 0 amide bonds. The Morgan fingerprint density at radius 3 is 1.94 bits per heavy atom. The fraction of sp³-hybridized carbons (Fsp3) is 0.269. The van der Waals surface area contributed by atoms with E-state index < -0.39 is 31.6 Å². The number of ether oxygens (including phenoxy) is 3. The van der Waals surface area contributed by atoms with E-state index in [0.29, 0.717) is 5.56 Å². The molecule has 1 aliphatic rings. The first kappa shape index (κ1) is 24.3. The molecule has 1 fully saturated rings. The van der Waals surface area contributed by atoms with Gasteiger partial charge in [0.2, 0.25) is 5.85 Å². The molecule has 4 rings (SSSR count). The van der Waals surface area contributed by atoms with Crippen molar-refractivity contribution in [1.82, 2.24) is 0 Å². The molecule has 0 saturated carbocycles. The van der Waals surface area contributed by atoms with Crippen LogP contribution in [0, 0.1) is 0 Å². The van der Waals surface area contributed by atoms with Crippen LogP contribution in [0.15, 0.2) is 91.0 Å². The van der Waals surface area contributed by atoms with E-state index in [2.05, 4.69) is 0 Å². The minimum absolute atomic E-state index is 0.0310. The Balaban J connectivity index is 1.58. The number of carbonyl (C=O) groups excluding carboxylic acids is 1. The van der Waals surface area contributed by atoms with Gasteiger partial charge in [-0.3, -0.25) is 4.57 Å². The van der Waals surface area contributed by atoms with Crippen molar-refractivity contribution in [2.45, 2.75) is 31.3 Å². The van der Waals surface area contributed by atoms with Gasteiger partial charge in [0.25, 0.3) is 0 Å². The van der Waals surface area contributed by atoms with Gasteiger partial charge in [-0.1, -0.05) is 78.9 Å². The maximum Gasteiger partial charge on any atom is 0.373 e. The zero-order valence-electron chi connectivity index (χ0n) is 18.8. The van der Waals surface area contributed by atoms with Gasteiger partial charge in [0.15, 0.2) is 0 Å². The van der Waals surface area contributed by atoms with Crippen molar-refractivity contribution in [2.75, 3.05) is 13.7 Å². The largest absolute Gasteiger partial charge is 0.443 e. The first-order chi connectivity index (χ1) is 16.6. The Kier molecular flexibility index (Phi) is 8.27. The molecule has 1 heterocycles. The highest BCUT2D eigenvalue weighted by Gasteiger charge is 2.53. The molecule has 0 N–H and O–H groups in total. The summed E-state index contributed by atoms with van der Waals surface area (Å²) in [5, 5.41) is 0. The van der Waals surface area contributed by atoms with Crippen molar-refractivity contribution in [3.63, 3.8) is 0 Å². The summed E-state index contributed by atoms with van der Waals surface area (Å²) in [6, 6.07) is 27.7. The average molecular weight is 482 g/mol. The highest BCUT2D eigenvalue weighted by molar-refractivity contribution is 7.54. The van der Waals surface area contributed by atoms with Crippen LogP contribution in [0.2, 0.25) is 0 Å². The monoisotopic (exact) mass is 482 g/mol. The minimum Gasteiger partial charge on any atom is -0.443 e. The van der Waals surface area contributed by atoms with Gasteiger partial charge < -0.3 is 23.3 Å². The topological polar surface area (TPSA) is 80.3 Å². The van der Waals surface area contributed by atoms with Gasteiger partial charge in [0.05, 0.1) is 25.4 Å². The Morgan fingerprint density at radius 1 is 0.853 bits per heavy atom. The Labute approximate surface area is 199 Å². The molecule has 0 spiro atoms. The average Bonchev–Trinajstić information content (AvgIpc) is 2.90. The van der Waals surface area contributed by atoms with Gasteiger partial charge >= 0.3 is 13.6 Å². The standard InChI is InChI=1S/C26H27O7P/c1-29-34(28)26(33-25(27)22-15-9-4-10-16-22)24(31-18-21-13-7-3-8-14-21)23(19-32-34)30-17-20-11-5-2-6-12-20/h2-16,23-24,26H,17-19H2,1H3/t23-,24+,26-,34-/m1/s1. The summed E-state index contributed by atoms with van der Waals surface area (Å²) in [6.07, 6.45) is -1.52. The molecular weight excluding hydrogens is 455 g/mol. The van der Waals surface area contributed by atoms with E-state index in [-0.39, 0.29) is 19.8 Å². The molecule has 4 atom stereocenters. The van der Waals surface area contributed by atoms with Crippen molar-refractivity contribution in [2.24, 2.45) is 0 Å². The molecule has 0 radical (unpaired) electrons. The lowest BCUT2D eigenvalue weighted by molar-refractivity contribution is -0.147. The van der Waals surface area contributed by atoms with Gasteiger partial charge in [0.1, 0.15) is 12.2 Å². The summed E-state index contributed by atoms with van der Waals surface area (Å²) in [4.78, 5) is 12.9. The summed E-state index contributed by atoms with van der Waals surface area (Å²) in [5.41, 5.74) is 2.19. The number of benzene rings is 3. The van der Waals surface area contributed by atoms with Crippen LogP contribution in [0.1, 0.15) is 21.5 Å². The summed E-state index contributed by atoms with van der Waals surface area (Å²) < 4.78 is 42.3. The van der Waals surface area contributed by atoms with Crippen LogP contribution in [0.4, 0.5) is 0 Å². The van der Waals surface area contributed by atoms with Crippen LogP contribution in [-0.2, 0) is 41.0 Å². The summed E-state index contributed by atoms with van der Waals surface area (Å²) in [7, 11) is -2.57. The quantitative estimate of drug-likeness (QED) is 0.306. The second-order valence-electron chi connectivity index (χ2n) is 7.78. The number of hydrogen-bond acceptors (Lipinski definition) is 7. The molecule has 7 nitrogen and oxygen atoms in total. The maximum absolute atomic E-state index is 13.5. The highest BCUT2D eigenvalue weighted by Crippen LogP contribution is 2.58. The van der Waals surface area contributed by atoms with Gasteiger partial charge in [-0.2, -0.15) is 0 Å². The number of rotatable bonds is 9. The first-order valence-corrected chi connectivity index (χ1v) is 12.6. The van der Waals surface area contributed by atoms with E-state index in [1.807, 2.05) is 60.7 Å². The molecule has 0 aliphatic carbocycles. The van der Waals surface area contributed by atoms with E-state index in [1.54, 1.807) is 30.3 Å². The summed E-state index contributed by atoms with van der Waals surface area (Å²) in [5.74, 6) is -1.95. The molecule has 3 aromatic rings. The van der Waals surface area contributed by atoms with Crippen LogP contribution < -0.4 is 0 Å². The van der Waals surface area contributed by atoms with Crippen molar-refractivity contribution in [3.05, 3.63) is 108 Å². The van der Waals surface area contributed by atoms with Crippen LogP contribution in [0.25, 0.3) is 0 Å². The molecule has 3 aromatic carbocycles. The highest BCUT2D eigenvalue weighted by atomic mass is 31.2. The second kappa shape index (κ2) is 11.6. The lowest BCUT2D eigenvalue weighted by atomic mass is 10.2. The van der Waals surface area contributed by atoms with Crippen LogP contribution in [-0.4, -0.2) is 37.7 Å². The normalized spacial score (nSPS) is 24.4. The van der Waals surface area contributed by atoms with Gasteiger partial charge in [-0.15, -0.1) is 0 Å². The summed E-state index contributed by atoms with van der Waals surface area (Å²) in [6.45, 7) is 0.466. The fourth-order valence-electron chi connectivity index (χ4n) is 3.63. The van der Waals surface area contributed by atoms with Crippen molar-refractivity contribution in [3.8, 4) is 0 Å². The second-order valence-corrected chi connectivity index (χ2v) is 9.99. The Hall–Kier alpha value is -2.80. The zero-order chi connectivity index (χ0) is 23.8. The van der Waals surface area contributed by atoms with Crippen LogP contribution >= 0.6 is 7.60 Å². The van der Waals surface area contributed by atoms with E-state index in [0.717, 1.165) is 11.1 Å². The van der Waals surface area contributed by atoms with Crippen molar-refractivity contribution >= 4 is 13.6 Å². The Bertz CT molecular complexity index is 1090. The van der Waals surface area contributed by atoms with Gasteiger partial charge in [-0.05, 0) is 23.3 Å². The molecule has 0 bridgehead atoms. The van der Waals surface area contributed by atoms with Crippen LogP contribution in [0.3, 0.4) is 0 Å².